The minimum Gasteiger partial charge on any atom is -0.497 e. The molecule has 0 spiro atoms. The van der Waals surface area contributed by atoms with Crippen LogP contribution in [0, 0.1) is 0 Å². The number of hydrogen-bond donors (Lipinski definition) is 0. The molecular formula is C23H27ClN4O. The predicted molar refractivity (Wildman–Crippen MR) is 118 cm³/mol. The van der Waals surface area contributed by atoms with E-state index >= 15 is 0 Å². The Bertz CT molecular complexity index is 967. The average molecular weight is 411 g/mol. The molecule has 5 nitrogen and oxygen atoms in total. The molecule has 1 saturated heterocycles. The Kier molecular flexibility index (Phi) is 5.90. The SMILES string of the molecule is COc1ccc(-n2cc(CN3CC[C@@H](N(C)C)C3)c(-c3ccccc3Cl)n2)cc1. The third kappa shape index (κ3) is 4.32. The van der Waals surface area contributed by atoms with Crippen molar-refractivity contribution >= 4 is 11.6 Å². The Hall–Kier alpha value is -2.34. The van der Waals surface area contributed by atoms with Crippen molar-refractivity contribution in [2.24, 2.45) is 0 Å². The van der Waals surface area contributed by atoms with E-state index in [-0.39, 0.29) is 0 Å². The van der Waals surface area contributed by atoms with E-state index < -0.39 is 0 Å². The first-order valence-corrected chi connectivity index (χ1v) is 10.3. The first kappa shape index (κ1) is 20.0. The molecule has 0 N–H and O–H groups in total. The summed E-state index contributed by atoms with van der Waals surface area (Å²) >= 11 is 6.52. The number of methoxy groups -OCH3 is 1. The van der Waals surface area contributed by atoms with E-state index in [1.165, 1.54) is 12.0 Å². The van der Waals surface area contributed by atoms with Gasteiger partial charge in [-0.15, -0.1) is 0 Å². The number of benzene rings is 2. The van der Waals surface area contributed by atoms with Gasteiger partial charge < -0.3 is 9.64 Å². The summed E-state index contributed by atoms with van der Waals surface area (Å²) in [4.78, 5) is 4.82. The molecule has 1 aromatic heterocycles. The lowest BCUT2D eigenvalue weighted by atomic mass is 10.1. The van der Waals surface area contributed by atoms with Crippen molar-refractivity contribution in [1.82, 2.24) is 19.6 Å². The third-order valence-corrected chi connectivity index (χ3v) is 5.96. The van der Waals surface area contributed by atoms with Gasteiger partial charge in [0.15, 0.2) is 0 Å². The van der Waals surface area contributed by atoms with Crippen LogP contribution in [0.4, 0.5) is 0 Å². The Morgan fingerprint density at radius 3 is 2.55 bits per heavy atom. The van der Waals surface area contributed by atoms with E-state index in [0.717, 1.165) is 47.4 Å². The highest BCUT2D eigenvalue weighted by molar-refractivity contribution is 6.33. The summed E-state index contributed by atoms with van der Waals surface area (Å²) in [5.41, 5.74) is 4.10. The van der Waals surface area contributed by atoms with Crippen LogP contribution in [-0.4, -0.2) is 59.9 Å². The second kappa shape index (κ2) is 8.57. The second-order valence-corrected chi connectivity index (χ2v) is 8.17. The maximum atomic E-state index is 6.52. The number of nitrogens with zero attached hydrogens (tertiary/aromatic N) is 4. The lowest BCUT2D eigenvalue weighted by Gasteiger charge is -2.20. The quantitative estimate of drug-likeness (QED) is 0.605. The minimum absolute atomic E-state index is 0.607. The molecule has 0 aliphatic carbocycles. The van der Waals surface area contributed by atoms with Crippen LogP contribution in [0.25, 0.3) is 16.9 Å². The van der Waals surface area contributed by atoms with Crippen molar-refractivity contribution in [2.75, 3.05) is 34.3 Å². The standard InChI is InChI=1S/C23H27ClN4O/c1-26(2)19-12-13-27(16-19)14-17-15-28(18-8-10-20(29-3)11-9-18)25-23(17)21-6-4-5-7-22(21)24/h4-11,15,19H,12-14,16H2,1-3H3/t19-/m1/s1. The molecule has 1 fully saturated rings. The first-order chi connectivity index (χ1) is 14.0. The van der Waals surface area contributed by atoms with Gasteiger partial charge in [0, 0.05) is 43.0 Å². The zero-order valence-corrected chi connectivity index (χ0v) is 17.9. The molecule has 1 atom stereocenters. The normalized spacial score (nSPS) is 17.2. The van der Waals surface area contributed by atoms with Gasteiger partial charge in [-0.1, -0.05) is 29.8 Å². The van der Waals surface area contributed by atoms with Crippen molar-refractivity contribution < 1.29 is 4.74 Å². The van der Waals surface area contributed by atoms with Gasteiger partial charge in [-0.3, -0.25) is 4.90 Å². The molecule has 2 aromatic carbocycles. The fraction of sp³-hybridized carbons (Fsp3) is 0.348. The Morgan fingerprint density at radius 1 is 1.14 bits per heavy atom. The molecule has 3 aromatic rings. The summed E-state index contributed by atoms with van der Waals surface area (Å²) in [6.07, 6.45) is 3.32. The van der Waals surface area contributed by atoms with E-state index in [2.05, 4.69) is 30.1 Å². The highest BCUT2D eigenvalue weighted by Gasteiger charge is 2.25. The largest absolute Gasteiger partial charge is 0.497 e. The second-order valence-electron chi connectivity index (χ2n) is 7.77. The average Bonchev–Trinajstić information content (AvgIpc) is 3.36. The van der Waals surface area contributed by atoms with Gasteiger partial charge in [-0.05, 0) is 50.8 Å². The molecule has 152 valence electrons. The van der Waals surface area contributed by atoms with Crippen LogP contribution in [0.15, 0.2) is 54.7 Å². The Morgan fingerprint density at radius 2 is 1.90 bits per heavy atom. The molecule has 4 rings (SSSR count). The van der Waals surface area contributed by atoms with Gasteiger partial charge in [-0.2, -0.15) is 5.10 Å². The van der Waals surface area contributed by atoms with Gasteiger partial charge in [0.05, 0.1) is 23.5 Å². The van der Waals surface area contributed by atoms with Crippen LogP contribution in [0.3, 0.4) is 0 Å². The van der Waals surface area contributed by atoms with Crippen LogP contribution in [0.2, 0.25) is 5.02 Å². The molecule has 0 radical (unpaired) electrons. The summed E-state index contributed by atoms with van der Waals surface area (Å²) in [6.45, 7) is 3.03. The molecule has 0 amide bonds. The highest BCUT2D eigenvalue weighted by Crippen LogP contribution is 2.31. The van der Waals surface area contributed by atoms with E-state index in [1.807, 2.05) is 53.2 Å². The van der Waals surface area contributed by atoms with Crippen LogP contribution in [0.5, 0.6) is 5.75 Å². The van der Waals surface area contributed by atoms with Crippen molar-refractivity contribution in [3.05, 3.63) is 65.3 Å². The van der Waals surface area contributed by atoms with Gasteiger partial charge in [0.2, 0.25) is 0 Å². The molecule has 2 heterocycles. The van der Waals surface area contributed by atoms with Gasteiger partial charge >= 0.3 is 0 Å². The smallest absolute Gasteiger partial charge is 0.119 e. The molecule has 0 unspecified atom stereocenters. The van der Waals surface area contributed by atoms with E-state index in [9.17, 15) is 0 Å². The number of likely N-dealkylation sites (tertiary alicyclic amines) is 1. The predicted octanol–water partition coefficient (Wildman–Crippen LogP) is 4.34. The summed E-state index contributed by atoms with van der Waals surface area (Å²) < 4.78 is 7.22. The Labute approximate surface area is 177 Å². The lowest BCUT2D eigenvalue weighted by molar-refractivity contribution is 0.265. The van der Waals surface area contributed by atoms with Crippen molar-refractivity contribution in [1.29, 1.82) is 0 Å². The molecule has 1 aliphatic rings. The van der Waals surface area contributed by atoms with Crippen LogP contribution in [-0.2, 0) is 6.54 Å². The summed E-state index contributed by atoms with van der Waals surface area (Å²) in [5, 5.41) is 5.64. The molecular weight excluding hydrogens is 384 g/mol. The number of halogens is 1. The number of aromatic nitrogens is 2. The van der Waals surface area contributed by atoms with Gasteiger partial charge in [0.1, 0.15) is 5.75 Å². The number of ether oxygens (including phenoxy) is 1. The molecule has 6 heteroatoms. The minimum atomic E-state index is 0.607. The summed E-state index contributed by atoms with van der Waals surface area (Å²) in [5.74, 6) is 0.833. The number of hydrogen-bond acceptors (Lipinski definition) is 4. The highest BCUT2D eigenvalue weighted by atomic mass is 35.5. The molecule has 0 saturated carbocycles. The lowest BCUT2D eigenvalue weighted by Crippen LogP contribution is -2.31. The zero-order chi connectivity index (χ0) is 20.4. The monoisotopic (exact) mass is 410 g/mol. The first-order valence-electron chi connectivity index (χ1n) is 9.92. The summed E-state index contributed by atoms with van der Waals surface area (Å²) in [7, 11) is 5.99. The van der Waals surface area contributed by atoms with Crippen molar-refractivity contribution in [2.45, 2.75) is 19.0 Å². The molecule has 0 bridgehead atoms. The van der Waals surface area contributed by atoms with Crippen LogP contribution in [0.1, 0.15) is 12.0 Å². The fourth-order valence-corrected chi connectivity index (χ4v) is 4.12. The van der Waals surface area contributed by atoms with Gasteiger partial charge in [-0.25, -0.2) is 4.68 Å². The fourth-order valence-electron chi connectivity index (χ4n) is 3.89. The Balaban J connectivity index is 1.68. The molecule has 1 aliphatic heterocycles. The third-order valence-electron chi connectivity index (χ3n) is 5.63. The number of rotatable bonds is 6. The topological polar surface area (TPSA) is 33.5 Å². The van der Waals surface area contributed by atoms with Gasteiger partial charge in [0.25, 0.3) is 0 Å². The maximum Gasteiger partial charge on any atom is 0.119 e. The van der Waals surface area contributed by atoms with Crippen LogP contribution < -0.4 is 4.74 Å². The van der Waals surface area contributed by atoms with Crippen molar-refractivity contribution in [3.8, 4) is 22.7 Å². The molecule has 29 heavy (non-hydrogen) atoms. The number of likely N-dealkylation sites (N-methyl/N-ethyl adjacent to an activating group) is 1. The summed E-state index contributed by atoms with van der Waals surface area (Å²) in [6, 6.07) is 16.5. The zero-order valence-electron chi connectivity index (χ0n) is 17.2. The maximum absolute atomic E-state index is 6.52. The van der Waals surface area contributed by atoms with E-state index in [4.69, 9.17) is 21.4 Å². The van der Waals surface area contributed by atoms with Crippen LogP contribution >= 0.6 is 11.6 Å². The van der Waals surface area contributed by atoms with E-state index in [1.54, 1.807) is 7.11 Å². The van der Waals surface area contributed by atoms with E-state index in [0.29, 0.717) is 6.04 Å². The van der Waals surface area contributed by atoms with Crippen molar-refractivity contribution in [3.63, 3.8) is 0 Å².